The molecule has 0 N–H and O–H groups in total. The summed E-state index contributed by atoms with van der Waals surface area (Å²) in [6.07, 6.45) is -0.143. The van der Waals surface area contributed by atoms with Gasteiger partial charge in [0.15, 0.2) is 0 Å². The van der Waals surface area contributed by atoms with Crippen molar-refractivity contribution in [1.82, 2.24) is 4.90 Å². The Hall–Kier alpha value is -2.29. The van der Waals surface area contributed by atoms with Crippen LogP contribution in [0.3, 0.4) is 0 Å². The van der Waals surface area contributed by atoms with Crippen molar-refractivity contribution in [3.63, 3.8) is 0 Å². The van der Waals surface area contributed by atoms with Gasteiger partial charge in [0.25, 0.3) is 5.69 Å². The van der Waals surface area contributed by atoms with Crippen molar-refractivity contribution in [3.8, 4) is 0 Å². The molecule has 0 bridgehead atoms. The first-order valence-electron chi connectivity index (χ1n) is 9.66. The van der Waals surface area contributed by atoms with Crippen LogP contribution >= 0.6 is 11.8 Å². The fourth-order valence-corrected chi connectivity index (χ4v) is 4.19. The average Bonchev–Trinajstić information content (AvgIpc) is 3.06. The van der Waals surface area contributed by atoms with Crippen LogP contribution in [0.4, 0.5) is 10.5 Å². The molecule has 1 amide bonds. The Morgan fingerprint density at radius 1 is 1.31 bits per heavy atom. The fraction of sp³-hybridized carbons (Fsp3) is 0.600. The number of ether oxygens (including phenoxy) is 2. The Labute approximate surface area is 175 Å². The van der Waals surface area contributed by atoms with Crippen molar-refractivity contribution in [3.05, 3.63) is 33.9 Å². The van der Waals surface area contributed by atoms with Crippen LogP contribution in [0.5, 0.6) is 0 Å². The number of rotatable bonds is 6. The number of nitro groups is 1. The highest BCUT2D eigenvalue weighted by atomic mass is 32.2. The zero-order chi connectivity index (χ0) is 21.8. The second-order valence-corrected chi connectivity index (χ2v) is 8.98. The summed E-state index contributed by atoms with van der Waals surface area (Å²) in [7, 11) is 0. The molecule has 160 valence electrons. The first-order chi connectivity index (χ1) is 13.6. The van der Waals surface area contributed by atoms with E-state index in [1.165, 1.54) is 28.8 Å². The van der Waals surface area contributed by atoms with Crippen molar-refractivity contribution < 1.29 is 24.0 Å². The van der Waals surface area contributed by atoms with E-state index in [1.54, 1.807) is 33.8 Å². The number of carbonyl (C=O) groups excluding carboxylic acids is 2. The molecule has 0 saturated carbocycles. The zero-order valence-electron chi connectivity index (χ0n) is 17.5. The molecule has 0 aromatic heterocycles. The molecule has 1 saturated heterocycles. The summed E-state index contributed by atoms with van der Waals surface area (Å²) in [6.45, 7) is 9.53. The number of benzene rings is 1. The molecule has 0 spiro atoms. The molecule has 8 nitrogen and oxygen atoms in total. The molecule has 0 radical (unpaired) electrons. The maximum Gasteiger partial charge on any atom is 0.410 e. The average molecular weight is 425 g/mol. The Morgan fingerprint density at radius 3 is 2.55 bits per heavy atom. The number of hydrogen-bond acceptors (Lipinski definition) is 7. The third-order valence-corrected chi connectivity index (χ3v) is 5.41. The van der Waals surface area contributed by atoms with Gasteiger partial charge in [-0.3, -0.25) is 14.9 Å². The first kappa shape index (κ1) is 23.0. The maximum absolute atomic E-state index is 12.9. The van der Waals surface area contributed by atoms with Gasteiger partial charge in [-0.25, -0.2) is 4.79 Å². The van der Waals surface area contributed by atoms with Gasteiger partial charge in [-0.2, -0.15) is 0 Å². The van der Waals surface area contributed by atoms with Crippen LogP contribution in [0.15, 0.2) is 23.1 Å². The Bertz CT molecular complexity index is 777. The van der Waals surface area contributed by atoms with Crippen molar-refractivity contribution in [2.75, 3.05) is 18.9 Å². The Kier molecular flexibility index (Phi) is 7.51. The van der Waals surface area contributed by atoms with Crippen LogP contribution in [0.2, 0.25) is 0 Å². The van der Waals surface area contributed by atoms with Crippen molar-refractivity contribution in [1.29, 1.82) is 0 Å². The molecule has 2 rings (SSSR count). The van der Waals surface area contributed by atoms with Crippen LogP contribution in [0.1, 0.15) is 52.6 Å². The molecule has 1 aromatic carbocycles. The SMILES string of the molecule is CCOC(=O)[C@@H]1CCN(C(=O)OC(C)(C)C)[C@H]1c1cc([N+](=O)[O-])ccc1SCC. The monoisotopic (exact) mass is 424 g/mol. The van der Waals surface area contributed by atoms with Gasteiger partial charge in [-0.1, -0.05) is 6.92 Å². The van der Waals surface area contributed by atoms with Crippen LogP contribution in [0.25, 0.3) is 0 Å². The van der Waals surface area contributed by atoms with Crippen LogP contribution < -0.4 is 0 Å². The summed E-state index contributed by atoms with van der Waals surface area (Å²) in [5.74, 6) is -0.281. The van der Waals surface area contributed by atoms with E-state index in [0.29, 0.717) is 18.5 Å². The van der Waals surface area contributed by atoms with E-state index in [-0.39, 0.29) is 12.3 Å². The van der Waals surface area contributed by atoms with Gasteiger partial charge < -0.3 is 14.4 Å². The first-order valence-corrected chi connectivity index (χ1v) is 10.6. The lowest BCUT2D eigenvalue weighted by Gasteiger charge is -2.31. The molecule has 0 aliphatic carbocycles. The highest BCUT2D eigenvalue weighted by Gasteiger charge is 2.45. The van der Waals surface area contributed by atoms with E-state index in [1.807, 2.05) is 6.92 Å². The quantitative estimate of drug-likeness (QED) is 0.285. The van der Waals surface area contributed by atoms with E-state index in [0.717, 1.165) is 10.6 Å². The molecule has 0 unspecified atom stereocenters. The summed E-state index contributed by atoms with van der Waals surface area (Å²) in [6, 6.07) is 3.89. The third-order valence-electron chi connectivity index (χ3n) is 4.44. The summed E-state index contributed by atoms with van der Waals surface area (Å²) >= 11 is 1.51. The topological polar surface area (TPSA) is 99.0 Å². The second kappa shape index (κ2) is 9.47. The molecular weight excluding hydrogens is 396 g/mol. The minimum absolute atomic E-state index is 0.0842. The smallest absolute Gasteiger partial charge is 0.410 e. The summed E-state index contributed by atoms with van der Waals surface area (Å²) in [5, 5.41) is 11.4. The van der Waals surface area contributed by atoms with E-state index >= 15 is 0 Å². The van der Waals surface area contributed by atoms with Crippen molar-refractivity contribution in [2.24, 2.45) is 5.92 Å². The van der Waals surface area contributed by atoms with Gasteiger partial charge in [0.1, 0.15) is 5.60 Å². The number of esters is 1. The van der Waals surface area contributed by atoms with E-state index < -0.39 is 34.5 Å². The minimum Gasteiger partial charge on any atom is -0.466 e. The van der Waals surface area contributed by atoms with Gasteiger partial charge in [0.05, 0.1) is 23.5 Å². The lowest BCUT2D eigenvalue weighted by Crippen LogP contribution is -2.38. The van der Waals surface area contributed by atoms with E-state index in [9.17, 15) is 19.7 Å². The molecule has 1 fully saturated rings. The van der Waals surface area contributed by atoms with Gasteiger partial charge in [-0.15, -0.1) is 11.8 Å². The molecule has 29 heavy (non-hydrogen) atoms. The number of thioether (sulfide) groups is 1. The largest absolute Gasteiger partial charge is 0.466 e. The lowest BCUT2D eigenvalue weighted by molar-refractivity contribution is -0.385. The number of non-ortho nitro benzene ring substituents is 1. The molecule has 9 heteroatoms. The Balaban J connectivity index is 2.55. The highest BCUT2D eigenvalue weighted by Crippen LogP contribution is 2.43. The summed E-state index contributed by atoms with van der Waals surface area (Å²) in [5.41, 5.74) is -0.209. The van der Waals surface area contributed by atoms with Gasteiger partial charge in [-0.05, 0) is 51.5 Å². The van der Waals surface area contributed by atoms with Gasteiger partial charge >= 0.3 is 12.1 Å². The molecule has 1 aliphatic heterocycles. The second-order valence-electron chi connectivity index (χ2n) is 7.68. The molecule has 2 atom stereocenters. The maximum atomic E-state index is 12.9. The van der Waals surface area contributed by atoms with Crippen LogP contribution in [-0.2, 0) is 14.3 Å². The molecule has 1 aliphatic rings. The lowest BCUT2D eigenvalue weighted by atomic mass is 9.93. The predicted octanol–water partition coefficient (Wildman–Crippen LogP) is 4.57. The molecule has 1 aromatic rings. The van der Waals surface area contributed by atoms with Crippen molar-refractivity contribution >= 4 is 29.5 Å². The zero-order valence-corrected chi connectivity index (χ0v) is 18.3. The van der Waals surface area contributed by atoms with Gasteiger partial charge in [0.2, 0.25) is 0 Å². The Morgan fingerprint density at radius 2 is 2.00 bits per heavy atom. The van der Waals surface area contributed by atoms with Crippen LogP contribution in [-0.4, -0.2) is 46.4 Å². The minimum atomic E-state index is -0.701. The van der Waals surface area contributed by atoms with Crippen molar-refractivity contribution in [2.45, 2.75) is 57.6 Å². The number of amides is 1. The number of nitrogens with zero attached hydrogens (tertiary/aromatic N) is 2. The van der Waals surface area contributed by atoms with E-state index in [2.05, 4.69) is 0 Å². The number of carbonyl (C=O) groups is 2. The van der Waals surface area contributed by atoms with Gasteiger partial charge in [0, 0.05) is 23.6 Å². The normalized spacial score (nSPS) is 19.1. The molecule has 1 heterocycles. The number of likely N-dealkylation sites (tertiary alicyclic amines) is 1. The predicted molar refractivity (Wildman–Crippen MR) is 110 cm³/mol. The molecular formula is C20H28N2O6S. The summed E-state index contributed by atoms with van der Waals surface area (Å²) < 4.78 is 10.8. The van der Waals surface area contributed by atoms with E-state index in [4.69, 9.17) is 9.47 Å². The number of hydrogen-bond donors (Lipinski definition) is 0. The van der Waals surface area contributed by atoms with Crippen LogP contribution in [0, 0.1) is 16.0 Å². The fourth-order valence-electron chi connectivity index (χ4n) is 3.37. The third kappa shape index (κ3) is 5.62. The number of nitro benzene ring substituents is 1. The summed E-state index contributed by atoms with van der Waals surface area (Å²) in [4.78, 5) is 38.7. The standard InChI is InChI=1S/C20H28N2O6S/c1-6-27-18(23)14-10-11-21(19(24)28-20(3,4)5)17(14)15-12-13(22(25)26)8-9-16(15)29-7-2/h8-9,12,14,17H,6-7,10-11H2,1-5H3/t14-,17-/m1/s1. The highest BCUT2D eigenvalue weighted by molar-refractivity contribution is 7.99.